The van der Waals surface area contributed by atoms with Crippen molar-refractivity contribution in [1.29, 1.82) is 0 Å². The Bertz CT molecular complexity index is 411. The molecule has 78 valence electrons. The minimum Gasteiger partial charge on any atom is -0.295 e. The van der Waals surface area contributed by atoms with Crippen LogP contribution in [0, 0.1) is 0 Å². The average molecular weight is 223 g/mol. The van der Waals surface area contributed by atoms with E-state index in [-0.39, 0.29) is 5.91 Å². The van der Waals surface area contributed by atoms with E-state index in [1.165, 1.54) is 0 Å². The number of rotatable bonds is 1. The second-order valence-electron chi connectivity index (χ2n) is 3.39. The second kappa shape index (κ2) is 4.03. The summed E-state index contributed by atoms with van der Waals surface area (Å²) in [6, 6.07) is 6.90. The Labute approximate surface area is 93.4 Å². The molecule has 1 aromatic rings. The van der Waals surface area contributed by atoms with Crippen molar-refractivity contribution in [2.75, 3.05) is 13.1 Å². The summed E-state index contributed by atoms with van der Waals surface area (Å²) in [5.41, 5.74) is 0.649. The standard InChI is InChI=1S/C11H11ClN2O/c1-8-13-6-7-14(8)11(15)9-2-4-10(12)5-3-9/h2-5H,6-7H2,1H3. The summed E-state index contributed by atoms with van der Waals surface area (Å²) in [6.07, 6.45) is 0. The van der Waals surface area contributed by atoms with Crippen LogP contribution in [0.15, 0.2) is 29.3 Å². The van der Waals surface area contributed by atoms with Crippen LogP contribution in [-0.2, 0) is 0 Å². The molecule has 15 heavy (non-hydrogen) atoms. The van der Waals surface area contributed by atoms with Crippen molar-refractivity contribution in [1.82, 2.24) is 4.90 Å². The molecule has 0 bridgehead atoms. The van der Waals surface area contributed by atoms with Crippen LogP contribution in [-0.4, -0.2) is 29.7 Å². The van der Waals surface area contributed by atoms with Gasteiger partial charge >= 0.3 is 0 Å². The minimum atomic E-state index is -0.00887. The molecule has 0 N–H and O–H groups in total. The molecule has 0 fully saturated rings. The van der Waals surface area contributed by atoms with Gasteiger partial charge in [0.25, 0.3) is 5.91 Å². The van der Waals surface area contributed by atoms with E-state index in [1.807, 2.05) is 6.92 Å². The van der Waals surface area contributed by atoms with E-state index in [2.05, 4.69) is 4.99 Å². The van der Waals surface area contributed by atoms with Gasteiger partial charge in [-0.1, -0.05) is 11.6 Å². The third kappa shape index (κ3) is 2.02. The Hall–Kier alpha value is -1.35. The van der Waals surface area contributed by atoms with E-state index >= 15 is 0 Å². The van der Waals surface area contributed by atoms with E-state index in [1.54, 1.807) is 29.2 Å². The van der Waals surface area contributed by atoms with Crippen LogP contribution in [0.4, 0.5) is 0 Å². The fourth-order valence-corrected chi connectivity index (χ4v) is 1.68. The van der Waals surface area contributed by atoms with E-state index in [0.717, 1.165) is 5.84 Å². The minimum absolute atomic E-state index is 0.00887. The number of carbonyl (C=O) groups is 1. The van der Waals surface area contributed by atoms with E-state index in [9.17, 15) is 4.79 Å². The summed E-state index contributed by atoms with van der Waals surface area (Å²) in [5.74, 6) is 0.778. The summed E-state index contributed by atoms with van der Waals surface area (Å²) < 4.78 is 0. The smallest absolute Gasteiger partial charge is 0.259 e. The zero-order valence-electron chi connectivity index (χ0n) is 8.40. The van der Waals surface area contributed by atoms with Crippen LogP contribution in [0.2, 0.25) is 5.02 Å². The van der Waals surface area contributed by atoms with Crippen LogP contribution < -0.4 is 0 Å². The maximum absolute atomic E-state index is 12.0. The second-order valence-corrected chi connectivity index (χ2v) is 3.83. The number of nitrogens with zero attached hydrogens (tertiary/aromatic N) is 2. The van der Waals surface area contributed by atoms with Crippen LogP contribution in [0.3, 0.4) is 0 Å². The molecule has 0 aliphatic carbocycles. The molecule has 1 heterocycles. The van der Waals surface area contributed by atoms with Gasteiger partial charge in [0.15, 0.2) is 0 Å². The van der Waals surface area contributed by atoms with Crippen LogP contribution in [0.5, 0.6) is 0 Å². The maximum atomic E-state index is 12.0. The molecule has 2 rings (SSSR count). The van der Waals surface area contributed by atoms with Gasteiger partial charge in [-0.25, -0.2) is 0 Å². The van der Waals surface area contributed by atoms with Crippen LogP contribution in [0.25, 0.3) is 0 Å². The lowest BCUT2D eigenvalue weighted by Crippen LogP contribution is -2.32. The van der Waals surface area contributed by atoms with Gasteiger partial charge in [-0.05, 0) is 31.2 Å². The number of amides is 1. The van der Waals surface area contributed by atoms with Gasteiger partial charge < -0.3 is 0 Å². The van der Waals surface area contributed by atoms with Crippen molar-refractivity contribution in [3.8, 4) is 0 Å². The van der Waals surface area contributed by atoms with E-state index in [0.29, 0.717) is 23.7 Å². The highest BCUT2D eigenvalue weighted by atomic mass is 35.5. The zero-order valence-corrected chi connectivity index (χ0v) is 9.16. The Kier molecular flexibility index (Phi) is 2.73. The molecule has 0 atom stereocenters. The predicted molar refractivity (Wildman–Crippen MR) is 60.5 cm³/mol. The number of halogens is 1. The summed E-state index contributed by atoms with van der Waals surface area (Å²) in [4.78, 5) is 17.8. The largest absolute Gasteiger partial charge is 0.295 e. The third-order valence-corrected chi connectivity index (χ3v) is 2.64. The van der Waals surface area contributed by atoms with Crippen molar-refractivity contribution in [3.63, 3.8) is 0 Å². The number of benzene rings is 1. The van der Waals surface area contributed by atoms with Gasteiger partial charge in [0, 0.05) is 17.1 Å². The van der Waals surface area contributed by atoms with Gasteiger partial charge in [0.05, 0.1) is 6.54 Å². The van der Waals surface area contributed by atoms with Crippen LogP contribution in [0.1, 0.15) is 17.3 Å². The van der Waals surface area contributed by atoms with Crippen molar-refractivity contribution in [2.24, 2.45) is 4.99 Å². The average Bonchev–Trinajstić information content (AvgIpc) is 2.65. The lowest BCUT2D eigenvalue weighted by Gasteiger charge is -2.15. The number of amidine groups is 1. The van der Waals surface area contributed by atoms with Crippen molar-refractivity contribution in [3.05, 3.63) is 34.9 Å². The maximum Gasteiger partial charge on any atom is 0.259 e. The van der Waals surface area contributed by atoms with Crippen LogP contribution >= 0.6 is 11.6 Å². The quantitative estimate of drug-likeness (QED) is 0.717. The predicted octanol–water partition coefficient (Wildman–Crippen LogP) is 2.21. The molecule has 0 aromatic heterocycles. The summed E-state index contributed by atoms with van der Waals surface area (Å²) in [7, 11) is 0. The lowest BCUT2D eigenvalue weighted by molar-refractivity contribution is 0.0857. The first-order chi connectivity index (χ1) is 7.18. The molecule has 1 aliphatic rings. The molecule has 1 aliphatic heterocycles. The fraction of sp³-hybridized carbons (Fsp3) is 0.273. The van der Waals surface area contributed by atoms with Gasteiger partial charge in [-0.3, -0.25) is 14.7 Å². The zero-order chi connectivity index (χ0) is 10.8. The molecular weight excluding hydrogens is 212 g/mol. The van der Waals surface area contributed by atoms with Gasteiger partial charge in [-0.2, -0.15) is 0 Å². The Balaban J connectivity index is 2.21. The first kappa shape index (κ1) is 10.2. The number of aliphatic imine (C=N–C) groups is 1. The number of hydrogen-bond acceptors (Lipinski definition) is 2. The van der Waals surface area contributed by atoms with Gasteiger partial charge in [0.1, 0.15) is 5.84 Å². The summed E-state index contributed by atoms with van der Waals surface area (Å²) >= 11 is 5.76. The SMILES string of the molecule is CC1=NCCN1C(=O)c1ccc(Cl)cc1. The van der Waals surface area contributed by atoms with Crippen molar-refractivity contribution < 1.29 is 4.79 Å². The van der Waals surface area contributed by atoms with Gasteiger partial charge in [0.2, 0.25) is 0 Å². The molecule has 0 unspecified atom stereocenters. The van der Waals surface area contributed by atoms with Crippen molar-refractivity contribution in [2.45, 2.75) is 6.92 Å². The monoisotopic (exact) mass is 222 g/mol. The normalized spacial score (nSPS) is 15.3. The number of hydrogen-bond donors (Lipinski definition) is 0. The Morgan fingerprint density at radius 2 is 2.07 bits per heavy atom. The molecule has 4 heteroatoms. The Morgan fingerprint density at radius 1 is 1.40 bits per heavy atom. The van der Waals surface area contributed by atoms with Gasteiger partial charge in [-0.15, -0.1) is 0 Å². The molecule has 1 aromatic carbocycles. The van der Waals surface area contributed by atoms with E-state index in [4.69, 9.17) is 11.6 Å². The first-order valence-electron chi connectivity index (χ1n) is 4.77. The topological polar surface area (TPSA) is 32.7 Å². The molecule has 1 amide bonds. The molecule has 0 radical (unpaired) electrons. The highest BCUT2D eigenvalue weighted by Gasteiger charge is 2.21. The Morgan fingerprint density at radius 3 is 2.60 bits per heavy atom. The highest BCUT2D eigenvalue weighted by molar-refractivity contribution is 6.30. The lowest BCUT2D eigenvalue weighted by atomic mass is 10.2. The number of carbonyl (C=O) groups excluding carboxylic acids is 1. The molecule has 0 saturated heterocycles. The molecule has 0 saturated carbocycles. The molecule has 0 spiro atoms. The summed E-state index contributed by atoms with van der Waals surface area (Å²) in [6.45, 7) is 3.22. The fourth-order valence-electron chi connectivity index (χ4n) is 1.56. The molecular formula is C11H11ClN2O. The first-order valence-corrected chi connectivity index (χ1v) is 5.15. The van der Waals surface area contributed by atoms with E-state index < -0.39 is 0 Å². The molecule has 3 nitrogen and oxygen atoms in total. The third-order valence-electron chi connectivity index (χ3n) is 2.39. The highest BCUT2D eigenvalue weighted by Crippen LogP contribution is 2.13. The van der Waals surface area contributed by atoms with Crippen molar-refractivity contribution >= 4 is 23.3 Å². The summed E-state index contributed by atoms with van der Waals surface area (Å²) in [5, 5.41) is 0.637.